The summed E-state index contributed by atoms with van der Waals surface area (Å²) in [5.74, 6) is -1.36. The topological polar surface area (TPSA) is 110 Å². The fourth-order valence-corrected chi connectivity index (χ4v) is 3.65. The van der Waals surface area contributed by atoms with Crippen molar-refractivity contribution in [2.24, 2.45) is 0 Å². The van der Waals surface area contributed by atoms with Gasteiger partial charge in [0.1, 0.15) is 16.7 Å². The quantitative estimate of drug-likeness (QED) is 0.661. The van der Waals surface area contributed by atoms with Gasteiger partial charge in [0.2, 0.25) is 5.91 Å². The van der Waals surface area contributed by atoms with Crippen LogP contribution in [0.1, 0.15) is 28.5 Å². The first-order valence-electron chi connectivity index (χ1n) is 7.07. The lowest BCUT2D eigenvalue weighted by molar-refractivity contribution is -0.124. The van der Waals surface area contributed by atoms with Crippen LogP contribution in [0, 0.1) is 0 Å². The van der Waals surface area contributed by atoms with Crippen LogP contribution in [0.2, 0.25) is 4.34 Å². The number of carboxylic acid groups (broad SMARTS) is 1. The second-order valence-corrected chi connectivity index (χ2v) is 7.67. The van der Waals surface area contributed by atoms with Crippen LogP contribution in [0.4, 0.5) is 0 Å². The minimum Gasteiger partial charge on any atom is -0.476 e. The molecule has 3 aromatic heterocycles. The minimum absolute atomic E-state index is 0.0298. The zero-order valence-corrected chi connectivity index (χ0v) is 15.2. The molecule has 0 saturated heterocycles. The lowest BCUT2D eigenvalue weighted by atomic mass is 10.3. The van der Waals surface area contributed by atoms with Crippen molar-refractivity contribution in [3.63, 3.8) is 0 Å². The fourth-order valence-electron chi connectivity index (χ4n) is 1.95. The smallest absolute Gasteiger partial charge is 0.355 e. The molecular formula is C14H12ClN5O3S2. The summed E-state index contributed by atoms with van der Waals surface area (Å²) in [4.78, 5) is 27.8. The summed E-state index contributed by atoms with van der Waals surface area (Å²) >= 11 is 8.47. The van der Waals surface area contributed by atoms with E-state index in [4.69, 9.17) is 16.7 Å². The average Bonchev–Trinajstić information content (AvgIpc) is 3.31. The number of rotatable bonds is 6. The summed E-state index contributed by atoms with van der Waals surface area (Å²) in [6, 6.07) is 3.04. The van der Waals surface area contributed by atoms with Gasteiger partial charge < -0.3 is 10.4 Å². The predicted molar refractivity (Wildman–Crippen MR) is 94.0 cm³/mol. The highest BCUT2D eigenvalue weighted by atomic mass is 35.5. The van der Waals surface area contributed by atoms with Gasteiger partial charge >= 0.3 is 5.97 Å². The second kappa shape index (κ2) is 7.30. The Morgan fingerprint density at radius 2 is 2.24 bits per heavy atom. The highest BCUT2D eigenvalue weighted by molar-refractivity contribution is 7.19. The van der Waals surface area contributed by atoms with Crippen LogP contribution >= 0.6 is 34.3 Å². The molecule has 25 heavy (non-hydrogen) atoms. The van der Waals surface area contributed by atoms with Crippen molar-refractivity contribution in [1.82, 2.24) is 25.3 Å². The lowest BCUT2D eigenvalue weighted by Gasteiger charge is -2.10. The van der Waals surface area contributed by atoms with Crippen LogP contribution in [0.15, 0.2) is 23.7 Å². The number of nitrogens with one attached hydrogen (secondary N) is 1. The summed E-state index contributed by atoms with van der Waals surface area (Å²) in [7, 11) is 0. The molecule has 0 bridgehead atoms. The standard InChI is InChI=1S/C14H12ClN5O3S2/c1-7(13(21)16-4-12-17-9(6-24-12)14(22)23)20-5-8(18-19-20)10-2-3-11(15)25-10/h2-3,5-7H,4H2,1H3,(H,16,21)(H,22,23). The van der Waals surface area contributed by atoms with Crippen LogP contribution in [-0.4, -0.2) is 37.0 Å². The third kappa shape index (κ3) is 4.03. The number of carbonyl (C=O) groups is 2. The highest BCUT2D eigenvalue weighted by Gasteiger charge is 2.18. The van der Waals surface area contributed by atoms with Gasteiger partial charge in [-0.05, 0) is 19.1 Å². The number of thiazole rings is 1. The van der Waals surface area contributed by atoms with E-state index in [0.29, 0.717) is 15.0 Å². The van der Waals surface area contributed by atoms with Gasteiger partial charge in [-0.3, -0.25) is 4.79 Å². The monoisotopic (exact) mass is 397 g/mol. The molecule has 3 rings (SSSR count). The molecule has 0 fully saturated rings. The van der Waals surface area contributed by atoms with Crippen LogP contribution in [0.25, 0.3) is 10.6 Å². The van der Waals surface area contributed by atoms with Gasteiger partial charge in [0.05, 0.1) is 22.0 Å². The first kappa shape index (κ1) is 17.5. The highest BCUT2D eigenvalue weighted by Crippen LogP contribution is 2.29. The van der Waals surface area contributed by atoms with Crippen molar-refractivity contribution in [1.29, 1.82) is 0 Å². The number of carboxylic acids is 1. The maximum atomic E-state index is 12.2. The molecule has 3 heterocycles. The molecule has 2 N–H and O–H groups in total. The number of aromatic carboxylic acids is 1. The summed E-state index contributed by atoms with van der Waals surface area (Å²) < 4.78 is 2.11. The Kier molecular flexibility index (Phi) is 5.11. The number of nitrogens with zero attached hydrogens (tertiary/aromatic N) is 4. The largest absolute Gasteiger partial charge is 0.476 e. The number of aromatic nitrogens is 4. The first-order chi connectivity index (χ1) is 11.9. The van der Waals surface area contributed by atoms with E-state index in [1.807, 2.05) is 6.07 Å². The molecule has 8 nitrogen and oxygen atoms in total. The molecule has 0 spiro atoms. The number of carbonyl (C=O) groups excluding carboxylic acids is 1. The summed E-state index contributed by atoms with van der Waals surface area (Å²) in [6.07, 6.45) is 1.68. The van der Waals surface area contributed by atoms with Crippen molar-refractivity contribution in [3.8, 4) is 10.6 Å². The summed E-state index contributed by atoms with van der Waals surface area (Å²) in [6.45, 7) is 1.85. The second-order valence-electron chi connectivity index (χ2n) is 5.01. The fraction of sp³-hybridized carbons (Fsp3) is 0.214. The van der Waals surface area contributed by atoms with Crippen molar-refractivity contribution in [2.75, 3.05) is 0 Å². The maximum absolute atomic E-state index is 12.2. The van der Waals surface area contributed by atoms with E-state index in [9.17, 15) is 9.59 Å². The third-order valence-electron chi connectivity index (χ3n) is 3.30. The number of hydrogen-bond donors (Lipinski definition) is 2. The van der Waals surface area contributed by atoms with Gasteiger partial charge in [0.25, 0.3) is 0 Å². The van der Waals surface area contributed by atoms with E-state index in [0.717, 1.165) is 4.88 Å². The van der Waals surface area contributed by atoms with Crippen LogP contribution in [0.3, 0.4) is 0 Å². The normalized spacial score (nSPS) is 12.1. The van der Waals surface area contributed by atoms with Gasteiger partial charge in [-0.2, -0.15) is 0 Å². The number of amides is 1. The molecule has 130 valence electrons. The van der Waals surface area contributed by atoms with Crippen LogP contribution in [0.5, 0.6) is 0 Å². The van der Waals surface area contributed by atoms with Crippen LogP contribution in [-0.2, 0) is 11.3 Å². The Balaban J connectivity index is 1.62. The van der Waals surface area contributed by atoms with Gasteiger partial charge in [0, 0.05) is 5.38 Å². The van der Waals surface area contributed by atoms with Gasteiger partial charge in [-0.25, -0.2) is 14.5 Å². The number of thiophene rings is 1. The maximum Gasteiger partial charge on any atom is 0.355 e. The Morgan fingerprint density at radius 3 is 2.88 bits per heavy atom. The molecule has 1 atom stereocenters. The molecule has 0 aliphatic heterocycles. The zero-order valence-electron chi connectivity index (χ0n) is 12.8. The van der Waals surface area contributed by atoms with E-state index in [1.54, 1.807) is 19.2 Å². The summed E-state index contributed by atoms with van der Waals surface area (Å²) in [5, 5.41) is 21.5. The van der Waals surface area contributed by atoms with Crippen molar-refractivity contribution >= 4 is 46.2 Å². The van der Waals surface area contributed by atoms with Crippen molar-refractivity contribution in [2.45, 2.75) is 19.5 Å². The molecule has 1 amide bonds. The Morgan fingerprint density at radius 1 is 1.44 bits per heavy atom. The first-order valence-corrected chi connectivity index (χ1v) is 9.14. The average molecular weight is 398 g/mol. The minimum atomic E-state index is -1.09. The Bertz CT molecular complexity index is 919. The van der Waals surface area contributed by atoms with E-state index in [2.05, 4.69) is 20.6 Å². The molecule has 0 saturated carbocycles. The Labute approximate surface area is 155 Å². The van der Waals surface area contributed by atoms with Crippen molar-refractivity contribution < 1.29 is 14.7 Å². The molecule has 0 radical (unpaired) electrons. The molecule has 0 aromatic carbocycles. The predicted octanol–water partition coefficient (Wildman–Crippen LogP) is 2.69. The van der Waals surface area contributed by atoms with Crippen LogP contribution < -0.4 is 5.32 Å². The zero-order chi connectivity index (χ0) is 18.0. The van der Waals surface area contributed by atoms with Gasteiger partial charge in [0.15, 0.2) is 5.69 Å². The SMILES string of the molecule is CC(C(=O)NCc1nc(C(=O)O)cs1)n1cc(-c2ccc(Cl)s2)nn1. The van der Waals surface area contributed by atoms with Gasteiger partial charge in [-0.1, -0.05) is 16.8 Å². The molecule has 0 aliphatic carbocycles. The van der Waals surface area contributed by atoms with Crippen molar-refractivity contribution in [3.05, 3.63) is 38.7 Å². The van der Waals surface area contributed by atoms with Gasteiger partial charge in [-0.15, -0.1) is 27.8 Å². The lowest BCUT2D eigenvalue weighted by Crippen LogP contribution is -2.30. The van der Waals surface area contributed by atoms with E-state index in [1.165, 1.54) is 32.7 Å². The molecular weight excluding hydrogens is 386 g/mol. The number of hydrogen-bond acceptors (Lipinski definition) is 7. The van der Waals surface area contributed by atoms with E-state index < -0.39 is 12.0 Å². The summed E-state index contributed by atoms with van der Waals surface area (Å²) in [5.41, 5.74) is 0.611. The van der Waals surface area contributed by atoms with E-state index in [-0.39, 0.29) is 18.1 Å². The third-order valence-corrected chi connectivity index (χ3v) is 5.40. The number of halogens is 1. The molecule has 11 heteroatoms. The molecule has 1 unspecified atom stereocenters. The Hall–Kier alpha value is -2.30. The molecule has 3 aromatic rings. The molecule has 0 aliphatic rings. The van der Waals surface area contributed by atoms with E-state index >= 15 is 0 Å².